The van der Waals surface area contributed by atoms with Gasteiger partial charge in [-0.3, -0.25) is 9.47 Å². The molecule has 0 aliphatic carbocycles. The van der Waals surface area contributed by atoms with E-state index in [1.807, 2.05) is 24.3 Å². The van der Waals surface area contributed by atoms with Crippen LogP contribution in [0.15, 0.2) is 42.5 Å². The number of benzene rings is 2. The number of nitrogens with zero attached hydrogens (tertiary/aromatic N) is 4. The fourth-order valence-electron chi connectivity index (χ4n) is 3.90. The van der Waals surface area contributed by atoms with Gasteiger partial charge in [0.25, 0.3) is 0 Å². The average Bonchev–Trinajstić information content (AvgIpc) is 3.11. The van der Waals surface area contributed by atoms with E-state index < -0.39 is 5.82 Å². The number of hydrogen-bond acceptors (Lipinski definition) is 5. The number of aliphatic hydroxyl groups is 1. The molecular weight excluding hydrogens is 439 g/mol. The quantitative estimate of drug-likeness (QED) is 0.545. The molecule has 2 heterocycles. The van der Waals surface area contributed by atoms with Crippen LogP contribution in [-0.4, -0.2) is 51.2 Å². The number of hydrogen-bond donors (Lipinski definition) is 1. The maximum atomic E-state index is 13.8. The van der Waals surface area contributed by atoms with Crippen molar-refractivity contribution >= 4 is 23.8 Å². The molecule has 6 nitrogen and oxygen atoms in total. The summed E-state index contributed by atoms with van der Waals surface area (Å²) in [5.74, 6) is 1.15. The van der Waals surface area contributed by atoms with Crippen LogP contribution in [0.25, 0.3) is 17.1 Å². The Morgan fingerprint density at radius 3 is 2.71 bits per heavy atom. The van der Waals surface area contributed by atoms with E-state index in [0.29, 0.717) is 23.0 Å². The minimum atomic E-state index is -0.487. The SMILES string of the molecule is COc1ccc(-c2nn(CN3CCC[C@@H](CO)C3)c(=S)n2-c2ccc(F)c(Cl)c2)cc1. The van der Waals surface area contributed by atoms with Gasteiger partial charge in [-0.25, -0.2) is 9.07 Å². The van der Waals surface area contributed by atoms with Crippen molar-refractivity contribution in [2.45, 2.75) is 19.5 Å². The van der Waals surface area contributed by atoms with Crippen LogP contribution in [0.1, 0.15) is 12.8 Å². The lowest BCUT2D eigenvalue weighted by atomic mass is 10.00. The molecule has 1 atom stereocenters. The van der Waals surface area contributed by atoms with E-state index in [1.165, 1.54) is 6.07 Å². The molecular formula is C22H24ClFN4O2S. The fraction of sp³-hybridized carbons (Fsp3) is 0.364. The summed E-state index contributed by atoms with van der Waals surface area (Å²) in [6.07, 6.45) is 2.05. The zero-order valence-corrected chi connectivity index (χ0v) is 18.7. The summed E-state index contributed by atoms with van der Waals surface area (Å²) in [4.78, 5) is 2.24. The molecule has 9 heteroatoms. The van der Waals surface area contributed by atoms with Gasteiger partial charge in [-0.2, -0.15) is 0 Å². The second-order valence-electron chi connectivity index (χ2n) is 7.68. The lowest BCUT2D eigenvalue weighted by molar-refractivity contribution is 0.0939. The Morgan fingerprint density at radius 2 is 2.03 bits per heavy atom. The van der Waals surface area contributed by atoms with Gasteiger partial charge >= 0.3 is 0 Å². The van der Waals surface area contributed by atoms with Crippen LogP contribution in [-0.2, 0) is 6.67 Å². The molecule has 0 unspecified atom stereocenters. The zero-order chi connectivity index (χ0) is 22.0. The molecule has 1 fully saturated rings. The second-order valence-corrected chi connectivity index (χ2v) is 8.45. The Morgan fingerprint density at radius 1 is 1.26 bits per heavy atom. The highest BCUT2D eigenvalue weighted by Gasteiger charge is 2.22. The molecule has 0 spiro atoms. The van der Waals surface area contributed by atoms with E-state index in [1.54, 1.807) is 28.5 Å². The number of aliphatic hydroxyl groups excluding tert-OH is 1. The van der Waals surface area contributed by atoms with E-state index in [4.69, 9.17) is 33.7 Å². The van der Waals surface area contributed by atoms with Crippen molar-refractivity contribution in [2.24, 2.45) is 5.92 Å². The van der Waals surface area contributed by atoms with Crippen LogP contribution in [0.2, 0.25) is 5.02 Å². The molecule has 1 saturated heterocycles. The van der Waals surface area contributed by atoms with Crippen LogP contribution in [0.3, 0.4) is 0 Å². The third-order valence-corrected chi connectivity index (χ3v) is 6.23. The second kappa shape index (κ2) is 9.48. The van der Waals surface area contributed by atoms with Gasteiger partial charge in [-0.05, 0) is 80.0 Å². The highest BCUT2D eigenvalue weighted by Crippen LogP contribution is 2.27. The maximum Gasteiger partial charge on any atom is 0.204 e. The highest BCUT2D eigenvalue weighted by molar-refractivity contribution is 7.71. The minimum absolute atomic E-state index is 0.0228. The monoisotopic (exact) mass is 462 g/mol. The van der Waals surface area contributed by atoms with Crippen molar-refractivity contribution in [3.8, 4) is 22.8 Å². The molecule has 2 aromatic carbocycles. The fourth-order valence-corrected chi connectivity index (χ4v) is 4.37. The lowest BCUT2D eigenvalue weighted by Crippen LogP contribution is -2.38. The van der Waals surface area contributed by atoms with Crippen LogP contribution in [0, 0.1) is 16.5 Å². The molecule has 31 heavy (non-hydrogen) atoms. The first-order chi connectivity index (χ1) is 15.0. The van der Waals surface area contributed by atoms with Gasteiger partial charge in [0.1, 0.15) is 11.6 Å². The number of piperidine rings is 1. The molecule has 0 bridgehead atoms. The predicted octanol–water partition coefficient (Wildman–Crippen LogP) is 4.53. The van der Waals surface area contributed by atoms with Crippen LogP contribution in [0.4, 0.5) is 4.39 Å². The van der Waals surface area contributed by atoms with E-state index >= 15 is 0 Å². The van der Waals surface area contributed by atoms with Gasteiger partial charge in [-0.15, -0.1) is 5.10 Å². The molecule has 1 aliphatic heterocycles. The molecule has 1 aliphatic rings. The summed E-state index contributed by atoms with van der Waals surface area (Å²) in [6.45, 7) is 2.42. The maximum absolute atomic E-state index is 13.8. The average molecular weight is 463 g/mol. The topological polar surface area (TPSA) is 55.4 Å². The van der Waals surface area contributed by atoms with Gasteiger partial charge in [0.15, 0.2) is 5.82 Å². The van der Waals surface area contributed by atoms with E-state index in [0.717, 1.165) is 37.2 Å². The zero-order valence-electron chi connectivity index (χ0n) is 17.2. The molecule has 3 aromatic rings. The Hall–Kier alpha value is -2.26. The van der Waals surface area contributed by atoms with Crippen molar-refractivity contribution in [1.29, 1.82) is 0 Å². The summed E-state index contributed by atoms with van der Waals surface area (Å²) < 4.78 is 23.1. The lowest BCUT2D eigenvalue weighted by Gasteiger charge is -2.31. The minimum Gasteiger partial charge on any atom is -0.497 e. The third-order valence-electron chi connectivity index (χ3n) is 5.54. The van der Waals surface area contributed by atoms with Gasteiger partial charge in [0, 0.05) is 18.7 Å². The van der Waals surface area contributed by atoms with Crippen molar-refractivity contribution in [3.05, 3.63) is 58.1 Å². The third kappa shape index (κ3) is 4.67. The van der Waals surface area contributed by atoms with Gasteiger partial charge in [0.05, 0.1) is 24.5 Å². The first kappa shape index (κ1) is 22.0. The molecule has 1 N–H and O–H groups in total. The van der Waals surface area contributed by atoms with E-state index in [2.05, 4.69) is 4.90 Å². The summed E-state index contributed by atoms with van der Waals surface area (Å²) >= 11 is 11.8. The largest absolute Gasteiger partial charge is 0.497 e. The number of halogens is 2. The number of likely N-dealkylation sites (tertiary alicyclic amines) is 1. The predicted molar refractivity (Wildman–Crippen MR) is 121 cm³/mol. The number of rotatable bonds is 6. The smallest absolute Gasteiger partial charge is 0.204 e. The van der Waals surface area contributed by atoms with E-state index in [9.17, 15) is 9.50 Å². The molecule has 164 valence electrons. The molecule has 0 radical (unpaired) electrons. The molecule has 1 aromatic heterocycles. The van der Waals surface area contributed by atoms with Crippen LogP contribution in [0.5, 0.6) is 5.75 Å². The first-order valence-electron chi connectivity index (χ1n) is 10.1. The normalized spacial score (nSPS) is 17.1. The number of ether oxygens (including phenoxy) is 1. The molecule has 4 rings (SSSR count). The molecule has 0 amide bonds. The van der Waals surface area contributed by atoms with Crippen molar-refractivity contribution in [2.75, 3.05) is 26.8 Å². The Labute approximate surface area is 190 Å². The Bertz CT molecular complexity index is 1120. The first-order valence-corrected chi connectivity index (χ1v) is 10.9. The van der Waals surface area contributed by atoms with Crippen molar-refractivity contribution in [3.63, 3.8) is 0 Å². The summed E-state index contributed by atoms with van der Waals surface area (Å²) in [7, 11) is 1.62. The van der Waals surface area contributed by atoms with Crippen molar-refractivity contribution in [1.82, 2.24) is 19.2 Å². The van der Waals surface area contributed by atoms with Gasteiger partial charge < -0.3 is 9.84 Å². The van der Waals surface area contributed by atoms with Crippen LogP contribution < -0.4 is 4.74 Å². The Kier molecular flexibility index (Phi) is 6.71. The van der Waals surface area contributed by atoms with E-state index in [-0.39, 0.29) is 17.5 Å². The van der Waals surface area contributed by atoms with Crippen molar-refractivity contribution < 1.29 is 14.2 Å². The van der Waals surface area contributed by atoms with Crippen LogP contribution >= 0.6 is 23.8 Å². The molecule has 0 saturated carbocycles. The number of methoxy groups -OCH3 is 1. The summed E-state index contributed by atoms with van der Waals surface area (Å²) in [6, 6.07) is 12.0. The van der Waals surface area contributed by atoms with Gasteiger partial charge in [-0.1, -0.05) is 11.6 Å². The Balaban J connectivity index is 1.77. The number of aromatic nitrogens is 3. The summed E-state index contributed by atoms with van der Waals surface area (Å²) in [5, 5.41) is 14.4. The highest BCUT2D eigenvalue weighted by atomic mass is 35.5. The van der Waals surface area contributed by atoms with Gasteiger partial charge in [0.2, 0.25) is 4.77 Å². The summed E-state index contributed by atoms with van der Waals surface area (Å²) in [5.41, 5.74) is 1.48. The standard InChI is InChI=1S/C22H24ClFN4O2S/c1-30-18-7-4-16(5-8-18)21-25-27(14-26-10-2-3-15(12-26)13-29)22(31)28(21)17-6-9-20(24)19(23)11-17/h4-9,11,15,29H,2-3,10,12-14H2,1H3/t15-/m1/s1.